The van der Waals surface area contributed by atoms with Crippen LogP contribution in [0.15, 0.2) is 36.5 Å². The number of hydrogen-bond acceptors (Lipinski definition) is 5. The summed E-state index contributed by atoms with van der Waals surface area (Å²) in [5.74, 6) is 2.21. The average Bonchev–Trinajstić information content (AvgIpc) is 2.98. The Bertz CT molecular complexity index is 753. The van der Waals surface area contributed by atoms with Crippen LogP contribution in [0.4, 0.5) is 0 Å². The lowest BCUT2D eigenvalue weighted by Crippen LogP contribution is -2.04. The van der Waals surface area contributed by atoms with Gasteiger partial charge >= 0.3 is 0 Å². The lowest BCUT2D eigenvalue weighted by atomic mass is 10.3. The number of hydrogen-bond donors (Lipinski definition) is 1. The number of methoxy groups -OCH3 is 2. The molecule has 1 aromatic carbocycles. The summed E-state index contributed by atoms with van der Waals surface area (Å²) in [6.07, 6.45) is 1.68. The van der Waals surface area contributed by atoms with Crippen molar-refractivity contribution >= 4 is 11.0 Å². The van der Waals surface area contributed by atoms with E-state index in [1.54, 1.807) is 20.4 Å². The Balaban J connectivity index is 1.81. The minimum Gasteiger partial charge on any atom is -0.497 e. The Kier molecular flexibility index (Phi) is 4.20. The first-order valence-electron chi connectivity index (χ1n) is 6.92. The molecular weight excluding hydrogens is 282 g/mol. The first kappa shape index (κ1) is 14.3. The molecule has 6 heteroatoms. The van der Waals surface area contributed by atoms with Crippen molar-refractivity contribution in [2.24, 2.45) is 0 Å². The van der Waals surface area contributed by atoms with Crippen LogP contribution in [-0.4, -0.2) is 42.4 Å². The standard InChI is InChI=1S/C16H17N3O3/c1-20-7-8-22-12-4-6-14(17-10-12)16-18-13-5-3-11(21-2)9-15(13)19-16/h3-6,9-10H,7-8H2,1-2H3,(H,18,19). The number of pyridine rings is 1. The van der Waals surface area contributed by atoms with E-state index in [4.69, 9.17) is 14.2 Å². The normalized spacial score (nSPS) is 10.8. The third-order valence-electron chi connectivity index (χ3n) is 3.22. The van der Waals surface area contributed by atoms with E-state index in [1.807, 2.05) is 30.3 Å². The first-order valence-corrected chi connectivity index (χ1v) is 6.92. The van der Waals surface area contributed by atoms with Crippen LogP contribution < -0.4 is 9.47 Å². The van der Waals surface area contributed by atoms with E-state index in [0.29, 0.717) is 24.8 Å². The second-order valence-electron chi connectivity index (χ2n) is 4.69. The van der Waals surface area contributed by atoms with Crippen LogP contribution in [-0.2, 0) is 4.74 Å². The van der Waals surface area contributed by atoms with Crippen molar-refractivity contribution in [3.8, 4) is 23.0 Å². The largest absolute Gasteiger partial charge is 0.497 e. The highest BCUT2D eigenvalue weighted by Gasteiger charge is 2.07. The van der Waals surface area contributed by atoms with E-state index in [9.17, 15) is 0 Å². The Morgan fingerprint density at radius 2 is 1.91 bits per heavy atom. The predicted octanol–water partition coefficient (Wildman–Crippen LogP) is 2.66. The van der Waals surface area contributed by atoms with Crippen molar-refractivity contribution < 1.29 is 14.2 Å². The smallest absolute Gasteiger partial charge is 0.157 e. The van der Waals surface area contributed by atoms with Gasteiger partial charge in [-0.15, -0.1) is 0 Å². The van der Waals surface area contributed by atoms with E-state index in [2.05, 4.69) is 15.0 Å². The molecule has 6 nitrogen and oxygen atoms in total. The molecule has 0 amide bonds. The Morgan fingerprint density at radius 3 is 2.64 bits per heavy atom. The molecule has 0 aliphatic heterocycles. The maximum absolute atomic E-state index is 5.49. The van der Waals surface area contributed by atoms with Crippen LogP contribution >= 0.6 is 0 Å². The van der Waals surface area contributed by atoms with Crippen molar-refractivity contribution in [3.63, 3.8) is 0 Å². The molecule has 0 radical (unpaired) electrons. The predicted molar refractivity (Wildman–Crippen MR) is 83.2 cm³/mol. The molecule has 0 spiro atoms. The van der Waals surface area contributed by atoms with Crippen LogP contribution in [0, 0.1) is 0 Å². The lowest BCUT2D eigenvalue weighted by molar-refractivity contribution is 0.146. The Morgan fingerprint density at radius 1 is 1.05 bits per heavy atom. The van der Waals surface area contributed by atoms with Crippen molar-refractivity contribution in [1.82, 2.24) is 15.0 Å². The number of nitrogens with zero attached hydrogens (tertiary/aromatic N) is 2. The maximum atomic E-state index is 5.49. The van der Waals surface area contributed by atoms with Gasteiger partial charge in [0.1, 0.15) is 23.8 Å². The zero-order valence-corrected chi connectivity index (χ0v) is 12.5. The van der Waals surface area contributed by atoms with Crippen LogP contribution in [0.1, 0.15) is 0 Å². The maximum Gasteiger partial charge on any atom is 0.157 e. The zero-order chi connectivity index (χ0) is 15.4. The van der Waals surface area contributed by atoms with E-state index >= 15 is 0 Å². The molecule has 3 aromatic rings. The van der Waals surface area contributed by atoms with Gasteiger partial charge in [-0.05, 0) is 24.3 Å². The summed E-state index contributed by atoms with van der Waals surface area (Å²) in [7, 11) is 3.28. The van der Waals surface area contributed by atoms with Gasteiger partial charge in [0.25, 0.3) is 0 Å². The summed E-state index contributed by atoms with van der Waals surface area (Å²) < 4.78 is 15.6. The number of imidazole rings is 1. The van der Waals surface area contributed by atoms with Crippen molar-refractivity contribution in [3.05, 3.63) is 36.5 Å². The second kappa shape index (κ2) is 6.44. The van der Waals surface area contributed by atoms with Gasteiger partial charge in [-0.2, -0.15) is 0 Å². The summed E-state index contributed by atoms with van der Waals surface area (Å²) >= 11 is 0. The molecule has 22 heavy (non-hydrogen) atoms. The quantitative estimate of drug-likeness (QED) is 0.709. The molecule has 2 aromatic heterocycles. The van der Waals surface area contributed by atoms with Gasteiger partial charge in [0.15, 0.2) is 5.82 Å². The van der Waals surface area contributed by atoms with Crippen molar-refractivity contribution in [1.29, 1.82) is 0 Å². The summed E-state index contributed by atoms with van der Waals surface area (Å²) in [6, 6.07) is 9.44. The number of aromatic nitrogens is 3. The van der Waals surface area contributed by atoms with Gasteiger partial charge < -0.3 is 19.2 Å². The highest BCUT2D eigenvalue weighted by atomic mass is 16.5. The summed E-state index contributed by atoms with van der Waals surface area (Å²) in [4.78, 5) is 12.1. The lowest BCUT2D eigenvalue weighted by Gasteiger charge is -2.04. The highest BCUT2D eigenvalue weighted by molar-refractivity contribution is 5.80. The van der Waals surface area contributed by atoms with Gasteiger partial charge in [0.2, 0.25) is 0 Å². The van der Waals surface area contributed by atoms with E-state index in [-0.39, 0.29) is 0 Å². The molecule has 0 atom stereocenters. The molecule has 0 bridgehead atoms. The van der Waals surface area contributed by atoms with Crippen LogP contribution in [0.3, 0.4) is 0 Å². The fourth-order valence-electron chi connectivity index (χ4n) is 2.09. The molecule has 0 saturated carbocycles. The number of ether oxygens (including phenoxy) is 3. The number of fused-ring (bicyclic) bond motifs is 1. The summed E-state index contributed by atoms with van der Waals surface area (Å²) in [5, 5.41) is 0. The monoisotopic (exact) mass is 299 g/mol. The molecule has 2 heterocycles. The number of H-pyrrole nitrogens is 1. The molecule has 114 valence electrons. The minimum absolute atomic E-state index is 0.502. The zero-order valence-electron chi connectivity index (χ0n) is 12.5. The topological polar surface area (TPSA) is 69.3 Å². The highest BCUT2D eigenvalue weighted by Crippen LogP contribution is 2.23. The third kappa shape index (κ3) is 3.01. The second-order valence-corrected chi connectivity index (χ2v) is 4.69. The van der Waals surface area contributed by atoms with Crippen LogP contribution in [0.5, 0.6) is 11.5 Å². The molecule has 0 aliphatic rings. The van der Waals surface area contributed by atoms with Crippen LogP contribution in [0.25, 0.3) is 22.6 Å². The number of benzene rings is 1. The summed E-state index contributed by atoms with van der Waals surface area (Å²) in [6.45, 7) is 1.05. The number of aromatic amines is 1. The number of nitrogens with one attached hydrogen (secondary N) is 1. The van der Waals surface area contributed by atoms with Gasteiger partial charge in [0, 0.05) is 13.2 Å². The van der Waals surface area contributed by atoms with Crippen LogP contribution in [0.2, 0.25) is 0 Å². The molecule has 3 rings (SSSR count). The first-order chi connectivity index (χ1) is 10.8. The minimum atomic E-state index is 0.502. The van der Waals surface area contributed by atoms with E-state index < -0.39 is 0 Å². The molecule has 0 unspecified atom stereocenters. The average molecular weight is 299 g/mol. The molecule has 0 saturated heterocycles. The van der Waals surface area contributed by atoms with Crippen molar-refractivity contribution in [2.45, 2.75) is 0 Å². The summed E-state index contributed by atoms with van der Waals surface area (Å²) in [5.41, 5.74) is 2.55. The SMILES string of the molecule is COCCOc1ccc(-c2nc3ccc(OC)cc3[nH]2)nc1. The fraction of sp³-hybridized carbons (Fsp3) is 0.250. The van der Waals surface area contributed by atoms with Crippen molar-refractivity contribution in [2.75, 3.05) is 27.4 Å². The number of rotatable bonds is 6. The fourth-order valence-corrected chi connectivity index (χ4v) is 2.09. The molecule has 1 N–H and O–H groups in total. The van der Waals surface area contributed by atoms with Gasteiger partial charge in [0.05, 0.1) is 30.9 Å². The third-order valence-corrected chi connectivity index (χ3v) is 3.22. The van der Waals surface area contributed by atoms with Gasteiger partial charge in [-0.1, -0.05) is 0 Å². The van der Waals surface area contributed by atoms with E-state index in [0.717, 1.165) is 22.5 Å². The molecule has 0 fully saturated rings. The molecule has 0 aliphatic carbocycles. The Hall–Kier alpha value is -2.60. The van der Waals surface area contributed by atoms with Gasteiger partial charge in [-0.3, -0.25) is 0 Å². The van der Waals surface area contributed by atoms with E-state index in [1.165, 1.54) is 0 Å². The molecular formula is C16H17N3O3. The Labute approximate surface area is 128 Å². The van der Waals surface area contributed by atoms with Gasteiger partial charge in [-0.25, -0.2) is 9.97 Å².